The minimum Gasteiger partial charge on any atom is -0.480 e. The van der Waals surface area contributed by atoms with Crippen LogP contribution in [0.1, 0.15) is 13.8 Å². The molecule has 0 aliphatic heterocycles. The van der Waals surface area contributed by atoms with Gasteiger partial charge < -0.3 is 15.7 Å². The third-order valence-electron chi connectivity index (χ3n) is 2.14. The van der Waals surface area contributed by atoms with Crippen molar-refractivity contribution in [3.8, 4) is 0 Å². The van der Waals surface area contributed by atoms with E-state index in [0.29, 0.717) is 15.2 Å². The van der Waals surface area contributed by atoms with Crippen LogP contribution >= 0.6 is 27.5 Å². The fourth-order valence-electron chi connectivity index (χ4n) is 1.08. The molecule has 7 heteroatoms. The summed E-state index contributed by atoms with van der Waals surface area (Å²) in [6.45, 7) is 2.79. The van der Waals surface area contributed by atoms with Gasteiger partial charge in [-0.05, 0) is 48.0 Å². The molecule has 5 nitrogen and oxygen atoms in total. The topological polar surface area (TPSA) is 78.4 Å². The molecule has 2 amide bonds. The van der Waals surface area contributed by atoms with Crippen molar-refractivity contribution >= 4 is 45.2 Å². The molecule has 1 aromatic rings. The van der Waals surface area contributed by atoms with Crippen LogP contribution < -0.4 is 10.6 Å². The number of carbonyl (C=O) groups excluding carboxylic acids is 1. The SMILES string of the molecule is CC(C)(NC(=O)Nc1ccc(Cl)cc1Br)C(=O)O. The Labute approximate surface area is 118 Å². The van der Waals surface area contributed by atoms with Gasteiger partial charge in [0.1, 0.15) is 5.54 Å². The van der Waals surface area contributed by atoms with Gasteiger partial charge >= 0.3 is 12.0 Å². The number of nitrogens with one attached hydrogen (secondary N) is 2. The first-order valence-corrected chi connectivity index (χ1v) is 6.17. The zero-order valence-electron chi connectivity index (χ0n) is 9.75. The van der Waals surface area contributed by atoms with Gasteiger partial charge in [-0.1, -0.05) is 11.6 Å². The standard InChI is InChI=1S/C11H12BrClN2O3/c1-11(2,9(16)17)15-10(18)14-8-4-3-6(13)5-7(8)12/h3-5H,1-2H3,(H,16,17)(H2,14,15,18). The van der Waals surface area contributed by atoms with E-state index in [0.717, 1.165) is 0 Å². The Morgan fingerprint density at radius 1 is 1.39 bits per heavy atom. The fraction of sp³-hybridized carbons (Fsp3) is 0.273. The van der Waals surface area contributed by atoms with Gasteiger partial charge in [0, 0.05) is 9.50 Å². The van der Waals surface area contributed by atoms with Crippen LogP contribution in [0, 0.1) is 0 Å². The first-order chi connectivity index (χ1) is 8.22. The molecule has 0 radical (unpaired) electrons. The van der Waals surface area contributed by atoms with E-state index in [9.17, 15) is 9.59 Å². The van der Waals surface area contributed by atoms with Crippen molar-refractivity contribution < 1.29 is 14.7 Å². The molecule has 0 aromatic heterocycles. The first kappa shape index (κ1) is 14.8. The van der Waals surface area contributed by atoms with Crippen molar-refractivity contribution in [1.29, 1.82) is 0 Å². The van der Waals surface area contributed by atoms with Crippen LogP contribution in [0.3, 0.4) is 0 Å². The highest BCUT2D eigenvalue weighted by molar-refractivity contribution is 9.10. The monoisotopic (exact) mass is 334 g/mol. The lowest BCUT2D eigenvalue weighted by Gasteiger charge is -2.21. The average Bonchev–Trinajstić information content (AvgIpc) is 2.21. The maximum absolute atomic E-state index is 11.6. The maximum Gasteiger partial charge on any atom is 0.328 e. The largest absolute Gasteiger partial charge is 0.480 e. The molecule has 0 atom stereocenters. The number of benzene rings is 1. The fourth-order valence-corrected chi connectivity index (χ4v) is 1.86. The summed E-state index contributed by atoms with van der Waals surface area (Å²) in [5.74, 6) is -1.12. The van der Waals surface area contributed by atoms with E-state index in [1.807, 2.05) is 0 Å². The third-order valence-corrected chi connectivity index (χ3v) is 3.03. The average molecular weight is 336 g/mol. The molecule has 3 N–H and O–H groups in total. The zero-order valence-corrected chi connectivity index (χ0v) is 12.1. The molecule has 18 heavy (non-hydrogen) atoms. The quantitative estimate of drug-likeness (QED) is 0.794. The van der Waals surface area contributed by atoms with Crippen molar-refractivity contribution in [3.05, 3.63) is 27.7 Å². The molecule has 0 fully saturated rings. The summed E-state index contributed by atoms with van der Waals surface area (Å²) in [4.78, 5) is 22.5. The van der Waals surface area contributed by atoms with Crippen LogP contribution in [0.2, 0.25) is 5.02 Å². The van der Waals surface area contributed by atoms with Crippen molar-refractivity contribution in [3.63, 3.8) is 0 Å². The summed E-state index contributed by atoms with van der Waals surface area (Å²) in [5.41, 5.74) is -0.846. The Morgan fingerprint density at radius 2 is 2.00 bits per heavy atom. The number of carboxylic acid groups (broad SMARTS) is 1. The Morgan fingerprint density at radius 3 is 2.50 bits per heavy atom. The van der Waals surface area contributed by atoms with E-state index < -0.39 is 17.5 Å². The summed E-state index contributed by atoms with van der Waals surface area (Å²) >= 11 is 9.01. The zero-order chi connectivity index (χ0) is 13.9. The molecule has 0 saturated heterocycles. The van der Waals surface area contributed by atoms with E-state index in [4.69, 9.17) is 16.7 Å². The molecule has 0 aliphatic rings. The van der Waals surface area contributed by atoms with Crippen LogP contribution in [-0.4, -0.2) is 22.6 Å². The number of hydrogen-bond donors (Lipinski definition) is 3. The number of hydrogen-bond acceptors (Lipinski definition) is 2. The van der Waals surface area contributed by atoms with Crippen LogP contribution in [-0.2, 0) is 4.79 Å². The number of urea groups is 1. The first-order valence-electron chi connectivity index (χ1n) is 5.00. The number of aliphatic carboxylic acids is 1. The smallest absolute Gasteiger partial charge is 0.328 e. The molecule has 0 heterocycles. The van der Waals surface area contributed by atoms with Crippen molar-refractivity contribution in [2.24, 2.45) is 0 Å². The molecule has 0 spiro atoms. The number of carboxylic acids is 1. The molecule has 0 unspecified atom stereocenters. The predicted octanol–water partition coefficient (Wildman–Crippen LogP) is 3.09. The van der Waals surface area contributed by atoms with Crippen molar-refractivity contribution in [2.45, 2.75) is 19.4 Å². The number of amides is 2. The van der Waals surface area contributed by atoms with Gasteiger partial charge in [0.05, 0.1) is 5.69 Å². The minimum atomic E-state index is -1.34. The minimum absolute atomic E-state index is 0.498. The molecule has 0 saturated carbocycles. The molecule has 0 bridgehead atoms. The lowest BCUT2D eigenvalue weighted by Crippen LogP contribution is -2.51. The van der Waals surface area contributed by atoms with E-state index >= 15 is 0 Å². The highest BCUT2D eigenvalue weighted by Crippen LogP contribution is 2.25. The number of anilines is 1. The molecular weight excluding hydrogens is 323 g/mol. The summed E-state index contributed by atoms with van der Waals surface area (Å²) in [6.07, 6.45) is 0. The maximum atomic E-state index is 11.6. The van der Waals surface area contributed by atoms with Gasteiger partial charge in [-0.25, -0.2) is 9.59 Å². The molecule has 0 aliphatic carbocycles. The lowest BCUT2D eigenvalue weighted by atomic mass is 10.1. The van der Waals surface area contributed by atoms with Crippen LogP contribution in [0.25, 0.3) is 0 Å². The number of rotatable bonds is 3. The van der Waals surface area contributed by atoms with E-state index in [-0.39, 0.29) is 0 Å². The van der Waals surface area contributed by atoms with Gasteiger partial charge in [-0.15, -0.1) is 0 Å². The normalized spacial score (nSPS) is 10.9. The molecule has 1 aromatic carbocycles. The van der Waals surface area contributed by atoms with E-state index in [1.54, 1.807) is 18.2 Å². The summed E-state index contributed by atoms with van der Waals surface area (Å²) in [7, 11) is 0. The Hall–Kier alpha value is -1.27. The molecule has 98 valence electrons. The van der Waals surface area contributed by atoms with Gasteiger partial charge in [0.2, 0.25) is 0 Å². The third kappa shape index (κ3) is 3.89. The Balaban J connectivity index is 2.74. The predicted molar refractivity (Wildman–Crippen MR) is 73.0 cm³/mol. The Kier molecular flexibility index (Phi) is 4.59. The van der Waals surface area contributed by atoms with E-state index in [2.05, 4.69) is 26.6 Å². The second-order valence-corrected chi connectivity index (χ2v) is 5.42. The van der Waals surface area contributed by atoms with Crippen molar-refractivity contribution in [2.75, 3.05) is 5.32 Å². The van der Waals surface area contributed by atoms with E-state index in [1.165, 1.54) is 13.8 Å². The second-order valence-electron chi connectivity index (χ2n) is 4.13. The summed E-state index contributed by atoms with van der Waals surface area (Å²) in [6, 6.07) is 4.24. The Bertz CT molecular complexity index is 491. The number of halogens is 2. The van der Waals surface area contributed by atoms with Gasteiger partial charge in [0.15, 0.2) is 0 Å². The van der Waals surface area contributed by atoms with Crippen LogP contribution in [0.5, 0.6) is 0 Å². The van der Waals surface area contributed by atoms with Gasteiger partial charge in [0.25, 0.3) is 0 Å². The summed E-state index contributed by atoms with van der Waals surface area (Å²) < 4.78 is 0.610. The summed E-state index contributed by atoms with van der Waals surface area (Å²) in [5, 5.41) is 14.3. The second kappa shape index (κ2) is 5.58. The molecular formula is C11H12BrClN2O3. The lowest BCUT2D eigenvalue weighted by molar-refractivity contribution is -0.142. The highest BCUT2D eigenvalue weighted by atomic mass is 79.9. The van der Waals surface area contributed by atoms with Gasteiger partial charge in [-0.2, -0.15) is 0 Å². The van der Waals surface area contributed by atoms with Crippen molar-refractivity contribution in [1.82, 2.24) is 5.32 Å². The van der Waals surface area contributed by atoms with Crippen LogP contribution in [0.15, 0.2) is 22.7 Å². The highest BCUT2D eigenvalue weighted by Gasteiger charge is 2.29. The molecule has 1 rings (SSSR count). The number of carbonyl (C=O) groups is 2. The van der Waals surface area contributed by atoms with Crippen LogP contribution in [0.4, 0.5) is 10.5 Å². The van der Waals surface area contributed by atoms with Gasteiger partial charge in [-0.3, -0.25) is 0 Å².